The van der Waals surface area contributed by atoms with E-state index < -0.39 is 28.9 Å². The van der Waals surface area contributed by atoms with Crippen molar-refractivity contribution in [1.29, 1.82) is 5.26 Å². The summed E-state index contributed by atoms with van der Waals surface area (Å²) >= 11 is 6.17. The Balaban J connectivity index is 1.92. The number of nitriles is 1. The number of halogens is 4. The van der Waals surface area contributed by atoms with Crippen molar-refractivity contribution in [3.8, 4) is 17.6 Å². The highest BCUT2D eigenvalue weighted by Gasteiger charge is 2.33. The third-order valence-corrected chi connectivity index (χ3v) is 5.07. The predicted octanol–water partition coefficient (Wildman–Crippen LogP) is 6.49. The number of hydrogen-bond donors (Lipinski definition) is 1. The molecule has 0 spiro atoms. The standard InChI is InChI=1S/C25H18ClF3N2O3/c1-33-22-12-6-8-16(23(22)34-15-17-7-2-4-10-20(17)26)13-18(14-30)24(32)31-21-11-5-3-9-19(21)25(27,28)29/h2-13H,15H2,1H3,(H,31,32). The first-order valence-electron chi connectivity index (χ1n) is 9.87. The Morgan fingerprint density at radius 3 is 2.47 bits per heavy atom. The fourth-order valence-corrected chi connectivity index (χ4v) is 3.25. The SMILES string of the molecule is COc1cccc(C=C(C#N)C(=O)Nc2ccccc2C(F)(F)F)c1OCc1ccccc1Cl. The molecule has 0 atom stereocenters. The number of ether oxygens (including phenoxy) is 2. The van der Waals surface area contributed by atoms with Gasteiger partial charge in [0, 0.05) is 16.1 Å². The summed E-state index contributed by atoms with van der Waals surface area (Å²) in [5.41, 5.74) is -0.880. The van der Waals surface area contributed by atoms with E-state index in [9.17, 15) is 23.2 Å². The number of para-hydroxylation sites is 2. The zero-order valence-corrected chi connectivity index (χ0v) is 18.6. The summed E-state index contributed by atoms with van der Waals surface area (Å²) in [4.78, 5) is 12.7. The normalized spacial score (nSPS) is 11.5. The molecule has 0 bridgehead atoms. The molecule has 0 aliphatic rings. The largest absolute Gasteiger partial charge is 0.493 e. The van der Waals surface area contributed by atoms with Crippen molar-refractivity contribution in [2.75, 3.05) is 12.4 Å². The maximum absolute atomic E-state index is 13.2. The molecule has 5 nitrogen and oxygen atoms in total. The van der Waals surface area contributed by atoms with Crippen LogP contribution in [0.4, 0.5) is 18.9 Å². The third-order valence-electron chi connectivity index (χ3n) is 4.70. The molecule has 3 aromatic rings. The molecule has 0 fully saturated rings. The van der Waals surface area contributed by atoms with E-state index >= 15 is 0 Å². The first-order valence-corrected chi connectivity index (χ1v) is 10.2. The molecule has 0 saturated heterocycles. The van der Waals surface area contributed by atoms with Crippen molar-refractivity contribution < 1.29 is 27.4 Å². The van der Waals surface area contributed by atoms with Gasteiger partial charge in [-0.25, -0.2) is 0 Å². The minimum atomic E-state index is -4.67. The summed E-state index contributed by atoms with van der Waals surface area (Å²) in [6, 6.07) is 18.1. The van der Waals surface area contributed by atoms with Crippen LogP contribution in [0.2, 0.25) is 5.02 Å². The Kier molecular flexibility index (Phi) is 7.82. The van der Waals surface area contributed by atoms with E-state index in [0.29, 0.717) is 21.9 Å². The highest BCUT2D eigenvalue weighted by molar-refractivity contribution is 6.31. The Morgan fingerprint density at radius 2 is 1.79 bits per heavy atom. The van der Waals surface area contributed by atoms with Gasteiger partial charge in [0.05, 0.1) is 18.4 Å². The number of amides is 1. The summed E-state index contributed by atoms with van der Waals surface area (Å²) in [6.45, 7) is 0.0773. The van der Waals surface area contributed by atoms with Gasteiger partial charge in [0.2, 0.25) is 0 Å². The van der Waals surface area contributed by atoms with Crippen LogP contribution in [0.5, 0.6) is 11.5 Å². The van der Waals surface area contributed by atoms with E-state index in [1.54, 1.807) is 48.5 Å². The van der Waals surface area contributed by atoms with E-state index in [2.05, 4.69) is 5.32 Å². The van der Waals surface area contributed by atoms with E-state index in [4.69, 9.17) is 21.1 Å². The van der Waals surface area contributed by atoms with Crippen LogP contribution in [0.15, 0.2) is 72.3 Å². The highest BCUT2D eigenvalue weighted by Crippen LogP contribution is 2.36. The Hall–Kier alpha value is -3.96. The number of anilines is 1. The Bertz CT molecular complexity index is 1270. The van der Waals surface area contributed by atoms with Crippen molar-refractivity contribution >= 4 is 29.3 Å². The van der Waals surface area contributed by atoms with Gasteiger partial charge in [0.15, 0.2) is 11.5 Å². The maximum Gasteiger partial charge on any atom is 0.418 e. The molecule has 34 heavy (non-hydrogen) atoms. The Morgan fingerprint density at radius 1 is 1.09 bits per heavy atom. The fraction of sp³-hybridized carbons (Fsp3) is 0.120. The van der Waals surface area contributed by atoms with Crippen molar-refractivity contribution in [3.63, 3.8) is 0 Å². The minimum Gasteiger partial charge on any atom is -0.493 e. The number of benzene rings is 3. The molecular formula is C25H18ClF3N2O3. The molecule has 0 aromatic heterocycles. The summed E-state index contributed by atoms with van der Waals surface area (Å²) in [5.74, 6) is -0.429. The molecule has 3 rings (SSSR count). The molecule has 0 unspecified atom stereocenters. The first kappa shape index (κ1) is 24.7. The number of hydrogen-bond acceptors (Lipinski definition) is 4. The molecule has 1 amide bonds. The maximum atomic E-state index is 13.2. The number of rotatable bonds is 7. The van der Waals surface area contributed by atoms with Crippen LogP contribution in [0.1, 0.15) is 16.7 Å². The van der Waals surface area contributed by atoms with Crippen LogP contribution in [0.3, 0.4) is 0 Å². The van der Waals surface area contributed by atoms with Crippen LogP contribution in [0, 0.1) is 11.3 Å². The van der Waals surface area contributed by atoms with Gasteiger partial charge in [-0.05, 0) is 30.3 Å². The quantitative estimate of drug-likeness (QED) is 0.306. The van der Waals surface area contributed by atoms with Gasteiger partial charge in [-0.1, -0.05) is 54.1 Å². The average Bonchev–Trinajstić information content (AvgIpc) is 2.81. The zero-order valence-electron chi connectivity index (χ0n) is 17.8. The van der Waals surface area contributed by atoms with Crippen LogP contribution in [-0.4, -0.2) is 13.0 Å². The predicted molar refractivity (Wildman–Crippen MR) is 122 cm³/mol. The number of methoxy groups -OCH3 is 1. The lowest BCUT2D eigenvalue weighted by Gasteiger charge is -2.15. The van der Waals surface area contributed by atoms with E-state index in [0.717, 1.165) is 12.1 Å². The lowest BCUT2D eigenvalue weighted by molar-refractivity contribution is -0.137. The molecule has 0 aliphatic carbocycles. The number of nitrogens with zero attached hydrogens (tertiary/aromatic N) is 1. The summed E-state index contributed by atoms with van der Waals surface area (Å²) in [5, 5.41) is 12.2. The van der Waals surface area contributed by atoms with Crippen LogP contribution >= 0.6 is 11.6 Å². The highest BCUT2D eigenvalue weighted by atomic mass is 35.5. The van der Waals surface area contributed by atoms with Gasteiger partial charge in [0.25, 0.3) is 5.91 Å². The summed E-state index contributed by atoms with van der Waals surface area (Å²) in [7, 11) is 1.43. The molecule has 9 heteroatoms. The van der Waals surface area contributed by atoms with E-state index in [1.807, 2.05) is 0 Å². The van der Waals surface area contributed by atoms with Gasteiger partial charge in [-0.2, -0.15) is 18.4 Å². The van der Waals surface area contributed by atoms with Gasteiger partial charge in [-0.3, -0.25) is 4.79 Å². The number of nitrogens with one attached hydrogen (secondary N) is 1. The molecular weight excluding hydrogens is 469 g/mol. The lowest BCUT2D eigenvalue weighted by atomic mass is 10.1. The lowest BCUT2D eigenvalue weighted by Crippen LogP contribution is -2.17. The van der Waals surface area contributed by atoms with Crippen molar-refractivity contribution in [2.24, 2.45) is 0 Å². The fourth-order valence-electron chi connectivity index (χ4n) is 3.06. The number of carbonyl (C=O) groups excluding carboxylic acids is 1. The smallest absolute Gasteiger partial charge is 0.418 e. The molecule has 0 saturated carbocycles. The number of carbonyl (C=O) groups is 1. The third kappa shape index (κ3) is 5.88. The summed E-state index contributed by atoms with van der Waals surface area (Å²) in [6.07, 6.45) is -3.46. The molecule has 0 aliphatic heterocycles. The molecule has 1 N–H and O–H groups in total. The van der Waals surface area contributed by atoms with Crippen molar-refractivity contribution in [2.45, 2.75) is 12.8 Å². The zero-order chi connectivity index (χ0) is 24.7. The second kappa shape index (κ2) is 10.8. The van der Waals surface area contributed by atoms with E-state index in [1.165, 1.54) is 25.3 Å². The molecule has 0 heterocycles. The molecule has 174 valence electrons. The minimum absolute atomic E-state index is 0.0773. The van der Waals surface area contributed by atoms with E-state index in [-0.39, 0.29) is 12.4 Å². The molecule has 0 radical (unpaired) electrons. The van der Waals surface area contributed by atoms with Crippen molar-refractivity contribution in [1.82, 2.24) is 0 Å². The van der Waals surface area contributed by atoms with Crippen molar-refractivity contribution in [3.05, 3.63) is 94.0 Å². The first-order chi connectivity index (χ1) is 16.2. The molecule has 3 aromatic carbocycles. The van der Waals surface area contributed by atoms with Gasteiger partial charge >= 0.3 is 6.18 Å². The Labute approximate surface area is 199 Å². The van der Waals surface area contributed by atoms with Gasteiger partial charge in [-0.15, -0.1) is 0 Å². The second-order valence-corrected chi connectivity index (χ2v) is 7.33. The van der Waals surface area contributed by atoms with Crippen LogP contribution in [-0.2, 0) is 17.6 Å². The number of alkyl halides is 3. The topological polar surface area (TPSA) is 71.3 Å². The van der Waals surface area contributed by atoms with Crippen LogP contribution < -0.4 is 14.8 Å². The monoisotopic (exact) mass is 486 g/mol. The van der Waals surface area contributed by atoms with Crippen LogP contribution in [0.25, 0.3) is 6.08 Å². The van der Waals surface area contributed by atoms with Gasteiger partial charge in [0.1, 0.15) is 18.2 Å². The van der Waals surface area contributed by atoms with Gasteiger partial charge < -0.3 is 14.8 Å². The second-order valence-electron chi connectivity index (χ2n) is 6.93. The summed E-state index contributed by atoms with van der Waals surface area (Å²) < 4.78 is 51.0. The average molecular weight is 487 g/mol.